The van der Waals surface area contributed by atoms with Gasteiger partial charge in [-0.2, -0.15) is 5.10 Å². The quantitative estimate of drug-likeness (QED) is 0.893. The number of aliphatic hydroxyl groups is 1. The summed E-state index contributed by atoms with van der Waals surface area (Å²) in [6.07, 6.45) is -0.891. The maximum absolute atomic E-state index is 12.7. The average molecular weight is 248 g/mol. The highest BCUT2D eigenvalue weighted by atomic mass is 19.1. The fraction of sp³-hybridized carbons (Fsp3) is 0.231. The largest absolute Gasteiger partial charge is 0.386 e. The van der Waals surface area contributed by atoms with E-state index in [1.165, 1.54) is 35.0 Å². The summed E-state index contributed by atoms with van der Waals surface area (Å²) in [7, 11) is 0. The van der Waals surface area contributed by atoms with Crippen LogP contribution >= 0.6 is 0 Å². The fourth-order valence-corrected chi connectivity index (χ4v) is 1.64. The van der Waals surface area contributed by atoms with Crippen molar-refractivity contribution in [2.24, 2.45) is 0 Å². The van der Waals surface area contributed by atoms with Crippen LogP contribution in [0.15, 0.2) is 41.2 Å². The molecule has 0 bridgehead atoms. The zero-order valence-corrected chi connectivity index (χ0v) is 9.88. The van der Waals surface area contributed by atoms with E-state index in [0.717, 1.165) is 0 Å². The van der Waals surface area contributed by atoms with Crippen LogP contribution in [0.1, 0.15) is 17.4 Å². The fourth-order valence-electron chi connectivity index (χ4n) is 1.64. The molecule has 0 aliphatic heterocycles. The Morgan fingerprint density at radius 1 is 1.28 bits per heavy atom. The third-order valence-electron chi connectivity index (χ3n) is 2.60. The minimum absolute atomic E-state index is 0.0478. The lowest BCUT2D eigenvalue weighted by atomic mass is 10.1. The van der Waals surface area contributed by atoms with Crippen molar-refractivity contribution in [1.29, 1.82) is 0 Å². The second kappa shape index (κ2) is 5.10. The van der Waals surface area contributed by atoms with Gasteiger partial charge in [-0.3, -0.25) is 4.79 Å². The molecule has 0 saturated carbocycles. The summed E-state index contributed by atoms with van der Waals surface area (Å²) in [5.74, 6) is -0.364. The summed E-state index contributed by atoms with van der Waals surface area (Å²) in [4.78, 5) is 11.5. The molecule has 18 heavy (non-hydrogen) atoms. The summed E-state index contributed by atoms with van der Waals surface area (Å²) in [6, 6.07) is 8.53. The van der Waals surface area contributed by atoms with Crippen molar-refractivity contribution in [2.45, 2.75) is 19.6 Å². The molecule has 4 nitrogen and oxygen atoms in total. The molecule has 1 atom stereocenters. The summed E-state index contributed by atoms with van der Waals surface area (Å²) in [5.41, 5.74) is 0.967. The van der Waals surface area contributed by atoms with E-state index in [-0.39, 0.29) is 17.9 Å². The SMILES string of the molecule is Cc1ccc(=O)n(CC(O)c2ccc(F)cc2)n1. The number of aryl methyl sites for hydroxylation is 1. The predicted molar refractivity (Wildman–Crippen MR) is 64.6 cm³/mol. The minimum Gasteiger partial charge on any atom is -0.386 e. The predicted octanol–water partition coefficient (Wildman–Crippen LogP) is 1.42. The number of rotatable bonds is 3. The van der Waals surface area contributed by atoms with Gasteiger partial charge in [0.15, 0.2) is 0 Å². The van der Waals surface area contributed by atoms with Crippen molar-refractivity contribution in [2.75, 3.05) is 0 Å². The van der Waals surface area contributed by atoms with Gasteiger partial charge in [-0.25, -0.2) is 9.07 Å². The topological polar surface area (TPSA) is 55.1 Å². The number of aliphatic hydroxyl groups excluding tert-OH is 1. The first-order valence-corrected chi connectivity index (χ1v) is 5.54. The van der Waals surface area contributed by atoms with Crippen molar-refractivity contribution in [3.8, 4) is 0 Å². The Morgan fingerprint density at radius 2 is 1.94 bits per heavy atom. The van der Waals surface area contributed by atoms with E-state index in [1.807, 2.05) is 0 Å². The van der Waals surface area contributed by atoms with Gasteiger partial charge in [0.2, 0.25) is 0 Å². The monoisotopic (exact) mass is 248 g/mol. The number of hydrogen-bond acceptors (Lipinski definition) is 3. The van der Waals surface area contributed by atoms with Gasteiger partial charge in [0, 0.05) is 6.07 Å². The first kappa shape index (κ1) is 12.4. The molecule has 1 unspecified atom stereocenters. The number of hydrogen-bond donors (Lipinski definition) is 1. The summed E-state index contributed by atoms with van der Waals surface area (Å²) >= 11 is 0. The van der Waals surface area contributed by atoms with Gasteiger partial charge in [-0.05, 0) is 30.7 Å². The molecule has 1 aromatic heterocycles. The van der Waals surface area contributed by atoms with E-state index in [0.29, 0.717) is 11.3 Å². The van der Waals surface area contributed by atoms with Crippen LogP contribution in [0.5, 0.6) is 0 Å². The highest BCUT2D eigenvalue weighted by molar-refractivity contribution is 5.18. The highest BCUT2D eigenvalue weighted by Crippen LogP contribution is 2.14. The molecule has 5 heteroatoms. The number of benzene rings is 1. The van der Waals surface area contributed by atoms with E-state index in [2.05, 4.69) is 5.10 Å². The van der Waals surface area contributed by atoms with Crippen LogP contribution in [0, 0.1) is 12.7 Å². The van der Waals surface area contributed by atoms with E-state index >= 15 is 0 Å². The molecule has 1 N–H and O–H groups in total. The molecule has 0 fully saturated rings. The summed E-state index contributed by atoms with van der Waals surface area (Å²) < 4.78 is 13.9. The van der Waals surface area contributed by atoms with Gasteiger partial charge >= 0.3 is 0 Å². The van der Waals surface area contributed by atoms with E-state index in [1.54, 1.807) is 13.0 Å². The Balaban J connectivity index is 2.21. The lowest BCUT2D eigenvalue weighted by Gasteiger charge is -2.12. The Kier molecular flexibility index (Phi) is 3.53. The van der Waals surface area contributed by atoms with Crippen molar-refractivity contribution in [3.05, 3.63) is 63.8 Å². The molecule has 2 aromatic rings. The standard InChI is InChI=1S/C13H13FN2O2/c1-9-2-7-13(18)16(15-9)8-12(17)10-3-5-11(14)6-4-10/h2-7,12,17H,8H2,1H3. The van der Waals surface area contributed by atoms with Crippen molar-refractivity contribution < 1.29 is 9.50 Å². The van der Waals surface area contributed by atoms with E-state index < -0.39 is 6.10 Å². The molecule has 0 aliphatic rings. The molecular formula is C13H13FN2O2. The van der Waals surface area contributed by atoms with Crippen molar-refractivity contribution in [3.63, 3.8) is 0 Å². The van der Waals surface area contributed by atoms with Gasteiger partial charge < -0.3 is 5.11 Å². The highest BCUT2D eigenvalue weighted by Gasteiger charge is 2.10. The van der Waals surface area contributed by atoms with Crippen LogP contribution in [0.25, 0.3) is 0 Å². The summed E-state index contributed by atoms with van der Waals surface area (Å²) in [6.45, 7) is 1.81. The Hall–Kier alpha value is -2.01. The first-order chi connectivity index (χ1) is 8.56. The second-order valence-electron chi connectivity index (χ2n) is 4.06. The van der Waals surface area contributed by atoms with Gasteiger partial charge in [0.1, 0.15) is 5.82 Å². The van der Waals surface area contributed by atoms with Crippen LogP contribution in [-0.4, -0.2) is 14.9 Å². The Labute approximate surface area is 103 Å². The van der Waals surface area contributed by atoms with E-state index in [4.69, 9.17) is 0 Å². The van der Waals surface area contributed by atoms with Crippen molar-refractivity contribution >= 4 is 0 Å². The lowest BCUT2D eigenvalue weighted by Crippen LogP contribution is -2.25. The second-order valence-corrected chi connectivity index (χ2v) is 4.06. The lowest BCUT2D eigenvalue weighted by molar-refractivity contribution is 0.149. The maximum atomic E-state index is 12.7. The van der Waals surface area contributed by atoms with Crippen molar-refractivity contribution in [1.82, 2.24) is 9.78 Å². The molecule has 0 spiro atoms. The Bertz CT molecular complexity index is 593. The average Bonchev–Trinajstić information content (AvgIpc) is 2.34. The maximum Gasteiger partial charge on any atom is 0.266 e. The third-order valence-corrected chi connectivity index (χ3v) is 2.60. The van der Waals surface area contributed by atoms with Gasteiger partial charge in [-0.1, -0.05) is 12.1 Å². The molecule has 94 valence electrons. The van der Waals surface area contributed by atoms with Crippen LogP contribution in [0.4, 0.5) is 4.39 Å². The van der Waals surface area contributed by atoms with Gasteiger partial charge in [-0.15, -0.1) is 0 Å². The van der Waals surface area contributed by atoms with Crippen LogP contribution in [0.3, 0.4) is 0 Å². The molecule has 0 radical (unpaired) electrons. The zero-order chi connectivity index (χ0) is 13.1. The molecule has 0 amide bonds. The molecule has 2 rings (SSSR count). The smallest absolute Gasteiger partial charge is 0.266 e. The molecule has 1 heterocycles. The van der Waals surface area contributed by atoms with Crippen LogP contribution in [0.2, 0.25) is 0 Å². The van der Waals surface area contributed by atoms with E-state index in [9.17, 15) is 14.3 Å². The third kappa shape index (κ3) is 2.81. The molecule has 0 aliphatic carbocycles. The zero-order valence-electron chi connectivity index (χ0n) is 9.88. The first-order valence-electron chi connectivity index (χ1n) is 5.54. The molecule has 0 saturated heterocycles. The summed E-state index contributed by atoms with van der Waals surface area (Å²) in [5, 5.41) is 14.0. The normalized spacial score (nSPS) is 12.4. The van der Waals surface area contributed by atoms with Crippen LogP contribution < -0.4 is 5.56 Å². The minimum atomic E-state index is -0.891. The molecule has 1 aromatic carbocycles. The molecular weight excluding hydrogens is 235 g/mol. The van der Waals surface area contributed by atoms with Gasteiger partial charge in [0.25, 0.3) is 5.56 Å². The number of aromatic nitrogens is 2. The Morgan fingerprint density at radius 3 is 2.61 bits per heavy atom. The number of halogens is 1. The van der Waals surface area contributed by atoms with Crippen LogP contribution in [-0.2, 0) is 6.54 Å². The number of nitrogens with zero attached hydrogens (tertiary/aromatic N) is 2. The van der Waals surface area contributed by atoms with Gasteiger partial charge in [0.05, 0.1) is 18.3 Å².